The summed E-state index contributed by atoms with van der Waals surface area (Å²) >= 11 is 0. The van der Waals surface area contributed by atoms with E-state index in [1.54, 1.807) is 4.90 Å². The van der Waals surface area contributed by atoms with Crippen LogP contribution in [0.15, 0.2) is 6.20 Å². The summed E-state index contributed by atoms with van der Waals surface area (Å²) < 4.78 is 0. The number of aromatic nitrogens is 3. The van der Waals surface area contributed by atoms with Gasteiger partial charge in [-0.1, -0.05) is 0 Å². The second-order valence-electron chi connectivity index (χ2n) is 4.44. The van der Waals surface area contributed by atoms with Gasteiger partial charge in [0.15, 0.2) is 5.69 Å². The zero-order valence-electron chi connectivity index (χ0n) is 10.0. The molecule has 7 nitrogen and oxygen atoms in total. The van der Waals surface area contributed by atoms with E-state index in [0.717, 1.165) is 19.3 Å². The van der Waals surface area contributed by atoms with Crippen LogP contribution in [0.2, 0.25) is 0 Å². The molecule has 0 aromatic carbocycles. The van der Waals surface area contributed by atoms with E-state index in [9.17, 15) is 9.59 Å². The van der Waals surface area contributed by atoms with Crippen molar-refractivity contribution < 1.29 is 14.7 Å². The van der Waals surface area contributed by atoms with Crippen LogP contribution >= 0.6 is 0 Å². The molecule has 18 heavy (non-hydrogen) atoms. The fourth-order valence-corrected chi connectivity index (χ4v) is 2.31. The summed E-state index contributed by atoms with van der Waals surface area (Å²) in [4.78, 5) is 24.5. The maximum atomic E-state index is 12.2. The van der Waals surface area contributed by atoms with Gasteiger partial charge in [0, 0.05) is 19.0 Å². The van der Waals surface area contributed by atoms with E-state index in [4.69, 9.17) is 5.11 Å². The number of amides is 1. The van der Waals surface area contributed by atoms with Crippen molar-refractivity contribution in [1.82, 2.24) is 20.3 Å². The summed E-state index contributed by atoms with van der Waals surface area (Å²) in [6.07, 6.45) is 4.83. The third-order valence-corrected chi connectivity index (χ3v) is 3.21. The molecule has 0 bridgehead atoms. The smallest absolute Gasteiger partial charge is 0.303 e. The van der Waals surface area contributed by atoms with Crippen LogP contribution in [0, 0.1) is 0 Å². The predicted molar refractivity (Wildman–Crippen MR) is 61.9 cm³/mol. The number of carboxylic acids is 1. The Hall–Kier alpha value is -1.92. The lowest BCUT2D eigenvalue weighted by Crippen LogP contribution is -2.44. The largest absolute Gasteiger partial charge is 0.481 e. The monoisotopic (exact) mass is 252 g/mol. The topological polar surface area (TPSA) is 99.2 Å². The highest BCUT2D eigenvalue weighted by atomic mass is 16.4. The molecule has 0 aliphatic carbocycles. The first-order valence-corrected chi connectivity index (χ1v) is 6.07. The molecular weight excluding hydrogens is 236 g/mol. The molecule has 0 spiro atoms. The molecule has 98 valence electrons. The van der Waals surface area contributed by atoms with E-state index in [2.05, 4.69) is 15.4 Å². The van der Waals surface area contributed by atoms with Crippen molar-refractivity contribution in [1.29, 1.82) is 0 Å². The van der Waals surface area contributed by atoms with Crippen molar-refractivity contribution in [2.45, 2.75) is 38.1 Å². The average molecular weight is 252 g/mol. The van der Waals surface area contributed by atoms with Crippen molar-refractivity contribution in [2.24, 2.45) is 0 Å². The number of likely N-dealkylation sites (tertiary alicyclic amines) is 1. The third kappa shape index (κ3) is 2.85. The third-order valence-electron chi connectivity index (χ3n) is 3.21. The Labute approximate surface area is 104 Å². The van der Waals surface area contributed by atoms with Crippen molar-refractivity contribution in [3.05, 3.63) is 11.9 Å². The van der Waals surface area contributed by atoms with E-state index in [0.29, 0.717) is 13.0 Å². The molecule has 0 saturated carbocycles. The maximum Gasteiger partial charge on any atom is 0.303 e. The predicted octanol–water partition coefficient (Wildman–Crippen LogP) is 0.664. The summed E-state index contributed by atoms with van der Waals surface area (Å²) in [5, 5.41) is 18.5. The fraction of sp³-hybridized carbons (Fsp3) is 0.636. The quantitative estimate of drug-likeness (QED) is 0.820. The molecule has 1 fully saturated rings. The lowest BCUT2D eigenvalue weighted by atomic mass is 9.97. The molecule has 1 amide bonds. The van der Waals surface area contributed by atoms with E-state index < -0.39 is 5.97 Å². The van der Waals surface area contributed by atoms with Gasteiger partial charge < -0.3 is 10.0 Å². The lowest BCUT2D eigenvalue weighted by Gasteiger charge is -2.35. The van der Waals surface area contributed by atoms with Gasteiger partial charge in [0.2, 0.25) is 0 Å². The number of hydrogen-bond acceptors (Lipinski definition) is 4. The molecule has 1 aromatic rings. The van der Waals surface area contributed by atoms with Crippen LogP contribution < -0.4 is 0 Å². The zero-order valence-corrected chi connectivity index (χ0v) is 10.0. The molecular formula is C11H16N4O3. The SMILES string of the molecule is O=C(O)CCC1CCCCN1C(=O)c1cn[nH]n1. The number of carbonyl (C=O) groups is 2. The molecule has 7 heteroatoms. The average Bonchev–Trinajstić information content (AvgIpc) is 2.89. The minimum atomic E-state index is -0.825. The van der Waals surface area contributed by atoms with Gasteiger partial charge in [0.25, 0.3) is 5.91 Å². The number of carbonyl (C=O) groups excluding carboxylic acids is 1. The lowest BCUT2D eigenvalue weighted by molar-refractivity contribution is -0.137. The van der Waals surface area contributed by atoms with Crippen LogP contribution in [-0.4, -0.2) is 49.9 Å². The highest BCUT2D eigenvalue weighted by Gasteiger charge is 2.28. The minimum absolute atomic E-state index is 0.000880. The van der Waals surface area contributed by atoms with Gasteiger partial charge in [0.05, 0.1) is 6.20 Å². The van der Waals surface area contributed by atoms with Crippen LogP contribution in [0.25, 0.3) is 0 Å². The molecule has 1 aliphatic heterocycles. The van der Waals surface area contributed by atoms with Gasteiger partial charge in [-0.3, -0.25) is 9.59 Å². The highest BCUT2D eigenvalue weighted by Crippen LogP contribution is 2.22. The van der Waals surface area contributed by atoms with Gasteiger partial charge in [-0.2, -0.15) is 15.4 Å². The van der Waals surface area contributed by atoms with Crippen LogP contribution in [0.4, 0.5) is 0 Å². The van der Waals surface area contributed by atoms with Gasteiger partial charge in [-0.25, -0.2) is 0 Å². The number of nitrogens with zero attached hydrogens (tertiary/aromatic N) is 3. The Morgan fingerprint density at radius 1 is 1.50 bits per heavy atom. The van der Waals surface area contributed by atoms with E-state index in [-0.39, 0.29) is 24.1 Å². The molecule has 1 aromatic heterocycles. The van der Waals surface area contributed by atoms with E-state index in [1.807, 2.05) is 0 Å². The van der Waals surface area contributed by atoms with Crippen molar-refractivity contribution in [3.8, 4) is 0 Å². The molecule has 0 radical (unpaired) electrons. The number of rotatable bonds is 4. The molecule has 2 heterocycles. The van der Waals surface area contributed by atoms with Crippen LogP contribution in [-0.2, 0) is 4.79 Å². The van der Waals surface area contributed by atoms with Gasteiger partial charge in [-0.05, 0) is 25.7 Å². The summed E-state index contributed by atoms with van der Waals surface area (Å²) in [5.41, 5.74) is 0.289. The first kappa shape index (κ1) is 12.5. The number of H-pyrrole nitrogens is 1. The number of nitrogens with one attached hydrogen (secondary N) is 1. The Bertz CT molecular complexity index is 418. The van der Waals surface area contributed by atoms with E-state index >= 15 is 0 Å². The molecule has 1 atom stereocenters. The van der Waals surface area contributed by atoms with Crippen LogP contribution in [0.1, 0.15) is 42.6 Å². The Morgan fingerprint density at radius 2 is 2.33 bits per heavy atom. The number of aliphatic carboxylic acids is 1. The number of piperidine rings is 1. The number of carboxylic acid groups (broad SMARTS) is 1. The van der Waals surface area contributed by atoms with Crippen molar-refractivity contribution in [3.63, 3.8) is 0 Å². The second kappa shape index (κ2) is 5.61. The highest BCUT2D eigenvalue weighted by molar-refractivity contribution is 5.92. The molecule has 1 aliphatic rings. The fourth-order valence-electron chi connectivity index (χ4n) is 2.31. The van der Waals surface area contributed by atoms with Crippen molar-refractivity contribution >= 4 is 11.9 Å². The van der Waals surface area contributed by atoms with E-state index in [1.165, 1.54) is 6.20 Å². The molecule has 1 saturated heterocycles. The normalized spacial score (nSPS) is 19.8. The van der Waals surface area contributed by atoms with Gasteiger partial charge in [-0.15, -0.1) is 0 Å². The minimum Gasteiger partial charge on any atom is -0.481 e. The Kier molecular flexibility index (Phi) is 3.91. The molecule has 2 rings (SSSR count). The standard InChI is InChI=1S/C11H16N4O3/c16-10(17)5-4-8-3-1-2-6-15(8)11(18)9-7-12-14-13-9/h7-8H,1-6H2,(H,16,17)(H,12,13,14). The summed E-state index contributed by atoms with van der Waals surface area (Å²) in [6.45, 7) is 0.663. The Morgan fingerprint density at radius 3 is 3.00 bits per heavy atom. The maximum absolute atomic E-state index is 12.2. The summed E-state index contributed by atoms with van der Waals surface area (Å²) in [7, 11) is 0. The van der Waals surface area contributed by atoms with Crippen LogP contribution in [0.3, 0.4) is 0 Å². The Balaban J connectivity index is 2.03. The number of hydrogen-bond donors (Lipinski definition) is 2. The first-order valence-electron chi connectivity index (χ1n) is 6.07. The van der Waals surface area contributed by atoms with Crippen LogP contribution in [0.5, 0.6) is 0 Å². The summed E-state index contributed by atoms with van der Waals surface area (Å²) in [5.74, 6) is -0.992. The van der Waals surface area contributed by atoms with Crippen molar-refractivity contribution in [2.75, 3.05) is 6.54 Å². The first-order chi connectivity index (χ1) is 8.68. The zero-order chi connectivity index (χ0) is 13.0. The molecule has 1 unspecified atom stereocenters. The van der Waals surface area contributed by atoms with Gasteiger partial charge in [0.1, 0.15) is 0 Å². The second-order valence-corrected chi connectivity index (χ2v) is 4.44. The summed E-state index contributed by atoms with van der Waals surface area (Å²) in [6, 6.07) is -0.000880. The number of aromatic amines is 1. The molecule has 2 N–H and O–H groups in total. The van der Waals surface area contributed by atoms with Gasteiger partial charge >= 0.3 is 5.97 Å².